The fourth-order valence-electron chi connectivity index (χ4n) is 4.38. The van der Waals surface area contributed by atoms with Crippen LogP contribution >= 0.6 is 0 Å². The predicted octanol–water partition coefficient (Wildman–Crippen LogP) is 7.39. The molecule has 1 aliphatic heterocycles. The Hall–Kier alpha value is -2.83. The number of nitrogens with zero attached hydrogens (tertiary/aromatic N) is 3. The van der Waals surface area contributed by atoms with Crippen molar-refractivity contribution in [1.29, 1.82) is 0 Å². The van der Waals surface area contributed by atoms with Gasteiger partial charge in [0.05, 0.1) is 5.56 Å². The molecule has 1 fully saturated rings. The molecule has 2 heterocycles. The van der Waals surface area contributed by atoms with Crippen LogP contribution in [0.25, 0.3) is 22.8 Å². The molecule has 0 aliphatic carbocycles. The maximum atomic E-state index is 14.0. The molecule has 4 nitrogen and oxygen atoms in total. The molecule has 1 unspecified atom stereocenters. The first-order valence-corrected chi connectivity index (χ1v) is 11.6. The van der Waals surface area contributed by atoms with Crippen LogP contribution in [-0.2, 0) is 12.6 Å². The highest BCUT2D eigenvalue weighted by Crippen LogP contribution is 2.41. The fourth-order valence-corrected chi connectivity index (χ4v) is 4.38. The van der Waals surface area contributed by atoms with Crippen molar-refractivity contribution in [3.8, 4) is 22.8 Å². The van der Waals surface area contributed by atoms with Crippen LogP contribution in [0.5, 0.6) is 0 Å². The van der Waals surface area contributed by atoms with Gasteiger partial charge in [-0.05, 0) is 74.8 Å². The minimum absolute atomic E-state index is 0.0729. The van der Waals surface area contributed by atoms with E-state index in [0.717, 1.165) is 43.7 Å². The molecule has 1 aromatic heterocycles. The van der Waals surface area contributed by atoms with Crippen molar-refractivity contribution in [2.75, 3.05) is 11.4 Å². The number of halogens is 3. The van der Waals surface area contributed by atoms with Gasteiger partial charge in [-0.2, -0.15) is 18.2 Å². The van der Waals surface area contributed by atoms with E-state index in [0.29, 0.717) is 18.3 Å². The van der Waals surface area contributed by atoms with E-state index in [9.17, 15) is 13.2 Å². The van der Waals surface area contributed by atoms with Crippen LogP contribution in [0.2, 0.25) is 0 Å². The summed E-state index contributed by atoms with van der Waals surface area (Å²) in [5.41, 5.74) is 1.79. The second-order valence-corrected chi connectivity index (χ2v) is 9.32. The van der Waals surface area contributed by atoms with Crippen LogP contribution in [-0.4, -0.2) is 22.7 Å². The number of hydrogen-bond acceptors (Lipinski definition) is 4. The third kappa shape index (κ3) is 5.40. The average Bonchev–Trinajstić information content (AvgIpc) is 3.28. The van der Waals surface area contributed by atoms with Gasteiger partial charge in [-0.25, -0.2) is 0 Å². The number of piperidine rings is 1. The van der Waals surface area contributed by atoms with Gasteiger partial charge in [0.15, 0.2) is 0 Å². The largest absolute Gasteiger partial charge is 0.418 e. The molecule has 0 amide bonds. The van der Waals surface area contributed by atoms with Gasteiger partial charge in [0, 0.05) is 29.4 Å². The lowest BCUT2D eigenvalue weighted by atomic mass is 9.99. The Morgan fingerprint density at radius 3 is 2.64 bits per heavy atom. The Morgan fingerprint density at radius 1 is 1.09 bits per heavy atom. The third-order valence-corrected chi connectivity index (χ3v) is 6.28. The number of benzene rings is 2. The predicted molar refractivity (Wildman–Crippen MR) is 124 cm³/mol. The van der Waals surface area contributed by atoms with Gasteiger partial charge in [0.2, 0.25) is 5.82 Å². The van der Waals surface area contributed by atoms with Crippen LogP contribution in [0.3, 0.4) is 0 Å². The number of alkyl halides is 3. The van der Waals surface area contributed by atoms with Crippen molar-refractivity contribution in [3.63, 3.8) is 0 Å². The molecular weight excluding hydrogens is 427 g/mol. The first kappa shape index (κ1) is 23.3. The molecule has 7 heteroatoms. The van der Waals surface area contributed by atoms with Gasteiger partial charge in [-0.3, -0.25) is 0 Å². The fraction of sp³-hybridized carbons (Fsp3) is 0.462. The highest BCUT2D eigenvalue weighted by atomic mass is 19.4. The van der Waals surface area contributed by atoms with Crippen LogP contribution in [0.1, 0.15) is 57.6 Å². The molecule has 33 heavy (non-hydrogen) atoms. The van der Waals surface area contributed by atoms with Gasteiger partial charge in [0.25, 0.3) is 5.89 Å². The van der Waals surface area contributed by atoms with Crippen LogP contribution in [0.4, 0.5) is 18.9 Å². The maximum Gasteiger partial charge on any atom is 0.418 e. The van der Waals surface area contributed by atoms with E-state index in [4.69, 9.17) is 4.52 Å². The monoisotopic (exact) mass is 457 g/mol. The molecule has 176 valence electrons. The topological polar surface area (TPSA) is 42.2 Å². The smallest absolute Gasteiger partial charge is 0.368 e. The number of hydrogen-bond donors (Lipinski definition) is 0. The molecule has 0 radical (unpaired) electrons. The minimum Gasteiger partial charge on any atom is -0.368 e. The van der Waals surface area contributed by atoms with Crippen molar-refractivity contribution in [2.45, 2.75) is 65.1 Å². The molecule has 2 aromatic carbocycles. The van der Waals surface area contributed by atoms with Crippen molar-refractivity contribution in [3.05, 3.63) is 53.6 Å². The summed E-state index contributed by atoms with van der Waals surface area (Å²) in [5.74, 6) is 1.06. The Morgan fingerprint density at radius 2 is 1.91 bits per heavy atom. The molecule has 1 aliphatic rings. The van der Waals surface area contributed by atoms with Gasteiger partial charge < -0.3 is 9.42 Å². The van der Waals surface area contributed by atoms with Crippen molar-refractivity contribution >= 4 is 5.69 Å². The quantitative estimate of drug-likeness (QED) is 0.387. The number of rotatable bonds is 6. The Kier molecular flexibility index (Phi) is 6.77. The molecule has 0 saturated carbocycles. The van der Waals surface area contributed by atoms with Gasteiger partial charge in [-0.1, -0.05) is 37.2 Å². The second kappa shape index (κ2) is 9.57. The van der Waals surface area contributed by atoms with E-state index in [-0.39, 0.29) is 23.2 Å². The zero-order valence-electron chi connectivity index (χ0n) is 19.3. The molecule has 0 spiro atoms. The first-order chi connectivity index (χ1) is 15.7. The van der Waals surface area contributed by atoms with Crippen molar-refractivity contribution < 1.29 is 17.7 Å². The molecule has 0 bridgehead atoms. The molecular formula is C26H30F3N3O. The van der Waals surface area contributed by atoms with Gasteiger partial charge in [-0.15, -0.1) is 0 Å². The standard InChI is InChI=1S/C26H30F3N3O/c1-17(2)10-11-19-8-6-9-20(15-19)24-30-25(33-31-24)21-12-13-23(22(16-21)26(27,28)29)32-14-5-4-7-18(32)3/h6,8-9,12-13,15-18H,4-5,7,10-11,14H2,1-3H3. The maximum absolute atomic E-state index is 14.0. The molecule has 3 aromatic rings. The molecule has 1 saturated heterocycles. The summed E-state index contributed by atoms with van der Waals surface area (Å²) in [6.45, 7) is 6.97. The first-order valence-electron chi connectivity index (χ1n) is 11.6. The number of aryl methyl sites for hydroxylation is 1. The number of anilines is 1. The second-order valence-electron chi connectivity index (χ2n) is 9.32. The SMILES string of the molecule is CC(C)CCc1cccc(-c2noc(-c3ccc(N4CCCCC4C)c(C(F)(F)F)c3)n2)c1. The summed E-state index contributed by atoms with van der Waals surface area (Å²) in [5, 5.41) is 4.04. The summed E-state index contributed by atoms with van der Waals surface area (Å²) < 4.78 is 47.3. The third-order valence-electron chi connectivity index (χ3n) is 6.28. The Bertz CT molecular complexity index is 1090. The average molecular weight is 458 g/mol. The van der Waals surface area contributed by atoms with Crippen molar-refractivity contribution in [1.82, 2.24) is 10.1 Å². The van der Waals surface area contributed by atoms with E-state index in [1.807, 2.05) is 30.0 Å². The highest BCUT2D eigenvalue weighted by Gasteiger charge is 2.37. The molecule has 4 rings (SSSR count). The van der Waals surface area contributed by atoms with Crippen LogP contribution in [0.15, 0.2) is 47.0 Å². The summed E-state index contributed by atoms with van der Waals surface area (Å²) in [7, 11) is 0. The minimum atomic E-state index is -4.48. The normalized spacial score (nSPS) is 17.1. The zero-order valence-corrected chi connectivity index (χ0v) is 19.3. The van der Waals surface area contributed by atoms with Crippen LogP contribution < -0.4 is 4.90 Å². The van der Waals surface area contributed by atoms with E-state index in [2.05, 4.69) is 30.1 Å². The van der Waals surface area contributed by atoms with Crippen molar-refractivity contribution in [2.24, 2.45) is 5.92 Å². The van der Waals surface area contributed by atoms with Crippen LogP contribution in [0, 0.1) is 5.92 Å². The lowest BCUT2D eigenvalue weighted by Gasteiger charge is -2.37. The summed E-state index contributed by atoms with van der Waals surface area (Å²) >= 11 is 0. The summed E-state index contributed by atoms with van der Waals surface area (Å²) in [4.78, 5) is 6.27. The van der Waals surface area contributed by atoms with E-state index in [1.54, 1.807) is 6.07 Å². The van der Waals surface area contributed by atoms with E-state index >= 15 is 0 Å². The van der Waals surface area contributed by atoms with E-state index in [1.165, 1.54) is 11.6 Å². The van der Waals surface area contributed by atoms with Gasteiger partial charge >= 0.3 is 6.18 Å². The lowest BCUT2D eigenvalue weighted by molar-refractivity contribution is -0.137. The number of aromatic nitrogens is 2. The highest BCUT2D eigenvalue weighted by molar-refractivity contribution is 5.67. The summed E-state index contributed by atoms with van der Waals surface area (Å²) in [6, 6.07) is 12.3. The Labute approximate surface area is 192 Å². The zero-order chi connectivity index (χ0) is 23.6. The van der Waals surface area contributed by atoms with E-state index < -0.39 is 11.7 Å². The Balaban J connectivity index is 1.64. The lowest BCUT2D eigenvalue weighted by Crippen LogP contribution is -2.38. The summed E-state index contributed by atoms with van der Waals surface area (Å²) in [6.07, 6.45) is 0.371. The van der Waals surface area contributed by atoms with Gasteiger partial charge in [0.1, 0.15) is 0 Å². The molecule has 1 atom stereocenters. The molecule has 0 N–H and O–H groups in total.